The summed E-state index contributed by atoms with van der Waals surface area (Å²) in [5.74, 6) is -0.296. The van der Waals surface area contributed by atoms with Crippen LogP contribution in [0, 0.1) is 0 Å². The standard InChI is InChI=1S/C18H24N2O4/c1-4-19-16(21)12-20(5-2)11-14-13-9-7-8-10-15(13)24-17(14)18(22)23-6-3/h7-10H,4-6,11-12H2,1-3H3,(H,19,21). The molecular weight excluding hydrogens is 308 g/mol. The van der Waals surface area contributed by atoms with Crippen molar-refractivity contribution in [1.29, 1.82) is 0 Å². The number of carbonyl (C=O) groups excluding carboxylic acids is 2. The Bertz CT molecular complexity index is 708. The first-order valence-electron chi connectivity index (χ1n) is 8.27. The molecule has 6 nitrogen and oxygen atoms in total. The minimum Gasteiger partial charge on any atom is -0.460 e. The minimum absolute atomic E-state index is 0.0372. The molecule has 0 atom stereocenters. The summed E-state index contributed by atoms with van der Waals surface area (Å²) in [4.78, 5) is 26.0. The molecule has 0 unspecified atom stereocenters. The van der Waals surface area contributed by atoms with Gasteiger partial charge in [-0.05, 0) is 26.5 Å². The highest BCUT2D eigenvalue weighted by Crippen LogP contribution is 2.27. The van der Waals surface area contributed by atoms with Gasteiger partial charge in [-0.25, -0.2) is 4.79 Å². The first-order valence-corrected chi connectivity index (χ1v) is 8.27. The third kappa shape index (κ3) is 4.14. The van der Waals surface area contributed by atoms with Gasteiger partial charge in [0.25, 0.3) is 0 Å². The van der Waals surface area contributed by atoms with E-state index in [1.54, 1.807) is 6.92 Å². The van der Waals surface area contributed by atoms with E-state index in [1.165, 1.54) is 0 Å². The number of hydrogen-bond acceptors (Lipinski definition) is 5. The van der Waals surface area contributed by atoms with Crippen LogP contribution in [0.4, 0.5) is 0 Å². The molecule has 0 radical (unpaired) electrons. The number of likely N-dealkylation sites (N-methyl/N-ethyl adjacent to an activating group) is 2. The Hall–Kier alpha value is -2.34. The molecule has 0 aliphatic rings. The smallest absolute Gasteiger partial charge is 0.374 e. The van der Waals surface area contributed by atoms with Crippen LogP contribution in [0.1, 0.15) is 36.9 Å². The Kier molecular flexibility index (Phi) is 6.37. The fraction of sp³-hybridized carbons (Fsp3) is 0.444. The molecule has 6 heteroatoms. The number of benzene rings is 1. The van der Waals surface area contributed by atoms with Crippen molar-refractivity contribution in [3.05, 3.63) is 35.6 Å². The molecule has 1 amide bonds. The quantitative estimate of drug-likeness (QED) is 0.752. The summed E-state index contributed by atoms with van der Waals surface area (Å²) < 4.78 is 10.8. The molecule has 0 aliphatic heterocycles. The highest BCUT2D eigenvalue weighted by Gasteiger charge is 2.23. The lowest BCUT2D eigenvalue weighted by Gasteiger charge is -2.19. The van der Waals surface area contributed by atoms with Gasteiger partial charge in [0.05, 0.1) is 13.2 Å². The Labute approximate surface area is 141 Å². The molecule has 2 rings (SSSR count). The Morgan fingerprint density at radius 2 is 1.96 bits per heavy atom. The summed E-state index contributed by atoms with van der Waals surface area (Å²) in [5, 5.41) is 3.66. The first kappa shape index (κ1) is 18.0. The molecular formula is C18H24N2O4. The largest absolute Gasteiger partial charge is 0.460 e. The molecule has 1 N–H and O–H groups in total. The molecule has 1 aromatic carbocycles. The number of para-hydroxylation sites is 1. The minimum atomic E-state index is -0.474. The molecule has 2 aromatic rings. The molecule has 0 bridgehead atoms. The summed E-state index contributed by atoms with van der Waals surface area (Å²) >= 11 is 0. The topological polar surface area (TPSA) is 71.8 Å². The maximum Gasteiger partial charge on any atom is 0.374 e. The van der Waals surface area contributed by atoms with Gasteiger partial charge < -0.3 is 14.5 Å². The van der Waals surface area contributed by atoms with Crippen molar-refractivity contribution in [2.45, 2.75) is 27.3 Å². The highest BCUT2D eigenvalue weighted by atomic mass is 16.5. The summed E-state index contributed by atoms with van der Waals surface area (Å²) in [6.45, 7) is 7.89. The predicted molar refractivity (Wildman–Crippen MR) is 91.8 cm³/mol. The number of nitrogens with one attached hydrogen (secondary N) is 1. The lowest BCUT2D eigenvalue weighted by atomic mass is 10.1. The fourth-order valence-corrected chi connectivity index (χ4v) is 2.58. The first-order chi connectivity index (χ1) is 11.6. The molecule has 1 heterocycles. The SMILES string of the molecule is CCNC(=O)CN(CC)Cc1c(C(=O)OCC)oc2ccccc12. The Morgan fingerprint density at radius 1 is 1.21 bits per heavy atom. The van der Waals surface area contributed by atoms with Gasteiger partial charge in [0.1, 0.15) is 5.58 Å². The van der Waals surface area contributed by atoms with Gasteiger partial charge in [-0.15, -0.1) is 0 Å². The van der Waals surface area contributed by atoms with Crippen molar-refractivity contribution >= 4 is 22.8 Å². The lowest BCUT2D eigenvalue weighted by molar-refractivity contribution is -0.122. The molecule has 0 fully saturated rings. The van der Waals surface area contributed by atoms with Gasteiger partial charge >= 0.3 is 5.97 Å². The van der Waals surface area contributed by atoms with Crippen molar-refractivity contribution in [1.82, 2.24) is 10.2 Å². The summed E-state index contributed by atoms with van der Waals surface area (Å²) in [5.41, 5.74) is 1.40. The van der Waals surface area contributed by atoms with Gasteiger partial charge in [0, 0.05) is 24.0 Å². The number of ether oxygens (including phenoxy) is 1. The number of rotatable bonds is 8. The van der Waals surface area contributed by atoms with Gasteiger partial charge in [-0.1, -0.05) is 25.1 Å². The summed E-state index contributed by atoms with van der Waals surface area (Å²) in [6.07, 6.45) is 0. The molecule has 0 spiro atoms. The second kappa shape index (κ2) is 8.49. The third-order valence-corrected chi connectivity index (χ3v) is 3.73. The average Bonchev–Trinajstić information content (AvgIpc) is 2.93. The summed E-state index contributed by atoms with van der Waals surface area (Å²) in [6, 6.07) is 7.49. The van der Waals surface area contributed by atoms with E-state index in [2.05, 4.69) is 5.32 Å². The van der Waals surface area contributed by atoms with E-state index < -0.39 is 5.97 Å². The molecule has 1 aromatic heterocycles. The van der Waals surface area contributed by atoms with Crippen LogP contribution >= 0.6 is 0 Å². The number of furan rings is 1. The fourth-order valence-electron chi connectivity index (χ4n) is 2.58. The Morgan fingerprint density at radius 3 is 2.62 bits per heavy atom. The van der Waals surface area contributed by atoms with Crippen LogP contribution in [0.3, 0.4) is 0 Å². The normalized spacial score (nSPS) is 11.0. The van der Waals surface area contributed by atoms with E-state index in [4.69, 9.17) is 9.15 Å². The van der Waals surface area contributed by atoms with Crippen molar-refractivity contribution in [3.63, 3.8) is 0 Å². The van der Waals surface area contributed by atoms with E-state index in [1.807, 2.05) is 43.0 Å². The van der Waals surface area contributed by atoms with Crippen molar-refractivity contribution in [2.75, 3.05) is 26.2 Å². The van der Waals surface area contributed by atoms with Crippen LogP contribution in [-0.2, 0) is 16.1 Å². The zero-order valence-corrected chi connectivity index (χ0v) is 14.4. The van der Waals surface area contributed by atoms with Gasteiger partial charge in [0.2, 0.25) is 11.7 Å². The van der Waals surface area contributed by atoms with Crippen LogP contribution in [0.5, 0.6) is 0 Å². The van der Waals surface area contributed by atoms with Gasteiger partial charge in [-0.3, -0.25) is 9.69 Å². The maximum atomic E-state index is 12.2. The van der Waals surface area contributed by atoms with Crippen LogP contribution in [-0.4, -0.2) is 43.0 Å². The van der Waals surface area contributed by atoms with Crippen molar-refractivity contribution in [3.8, 4) is 0 Å². The number of nitrogens with zero attached hydrogens (tertiary/aromatic N) is 1. The number of fused-ring (bicyclic) bond motifs is 1. The maximum absolute atomic E-state index is 12.2. The summed E-state index contributed by atoms with van der Waals surface area (Å²) in [7, 11) is 0. The average molecular weight is 332 g/mol. The van der Waals surface area contributed by atoms with E-state index in [0.29, 0.717) is 25.2 Å². The number of amides is 1. The van der Waals surface area contributed by atoms with E-state index in [9.17, 15) is 9.59 Å². The molecule has 0 saturated carbocycles. The Balaban J connectivity index is 2.32. The molecule has 0 saturated heterocycles. The second-order valence-electron chi connectivity index (χ2n) is 5.38. The van der Waals surface area contributed by atoms with Crippen LogP contribution in [0.2, 0.25) is 0 Å². The second-order valence-corrected chi connectivity index (χ2v) is 5.38. The van der Waals surface area contributed by atoms with Crippen LogP contribution in [0.25, 0.3) is 11.0 Å². The van der Waals surface area contributed by atoms with Gasteiger partial charge in [-0.2, -0.15) is 0 Å². The third-order valence-electron chi connectivity index (χ3n) is 3.73. The zero-order valence-electron chi connectivity index (χ0n) is 14.4. The number of hydrogen-bond donors (Lipinski definition) is 1. The predicted octanol–water partition coefficient (Wildman–Crippen LogP) is 2.57. The zero-order chi connectivity index (χ0) is 17.5. The molecule has 0 aliphatic carbocycles. The number of carbonyl (C=O) groups is 2. The van der Waals surface area contributed by atoms with E-state index in [0.717, 1.165) is 10.9 Å². The number of esters is 1. The molecule has 24 heavy (non-hydrogen) atoms. The van der Waals surface area contributed by atoms with Crippen LogP contribution in [0.15, 0.2) is 28.7 Å². The van der Waals surface area contributed by atoms with Gasteiger partial charge in [0.15, 0.2) is 0 Å². The highest BCUT2D eigenvalue weighted by molar-refractivity contribution is 5.96. The van der Waals surface area contributed by atoms with E-state index in [-0.39, 0.29) is 24.8 Å². The lowest BCUT2D eigenvalue weighted by Crippen LogP contribution is -2.36. The molecule has 130 valence electrons. The van der Waals surface area contributed by atoms with Crippen LogP contribution < -0.4 is 5.32 Å². The monoisotopic (exact) mass is 332 g/mol. The van der Waals surface area contributed by atoms with Crippen molar-refractivity contribution < 1.29 is 18.7 Å². The van der Waals surface area contributed by atoms with E-state index >= 15 is 0 Å². The van der Waals surface area contributed by atoms with Crippen molar-refractivity contribution in [2.24, 2.45) is 0 Å².